The fourth-order valence-electron chi connectivity index (χ4n) is 3.99. The molecule has 3 amide bonds. The van der Waals surface area contributed by atoms with E-state index in [9.17, 15) is 18.8 Å². The summed E-state index contributed by atoms with van der Waals surface area (Å²) in [5, 5.41) is 6.14. The van der Waals surface area contributed by atoms with E-state index < -0.39 is 18.2 Å². The molecule has 37 heavy (non-hydrogen) atoms. The first kappa shape index (κ1) is 26.2. The minimum absolute atomic E-state index is 0.0865. The number of halogens is 2. The lowest BCUT2D eigenvalue weighted by atomic mass is 10.00. The van der Waals surface area contributed by atoms with Crippen molar-refractivity contribution in [3.63, 3.8) is 0 Å². The normalized spacial score (nSPS) is 17.0. The molecule has 1 heterocycles. The van der Waals surface area contributed by atoms with Crippen LogP contribution in [0.1, 0.15) is 41.4 Å². The Bertz CT molecular complexity index is 1280. The van der Waals surface area contributed by atoms with E-state index in [-0.39, 0.29) is 30.1 Å². The maximum atomic E-state index is 13.4. The van der Waals surface area contributed by atoms with E-state index in [0.717, 1.165) is 0 Å². The van der Waals surface area contributed by atoms with Gasteiger partial charge in [0.1, 0.15) is 5.82 Å². The van der Waals surface area contributed by atoms with E-state index in [4.69, 9.17) is 16.3 Å². The van der Waals surface area contributed by atoms with Gasteiger partial charge in [0.2, 0.25) is 5.91 Å². The maximum absolute atomic E-state index is 13.4. The molecular formula is C28H27ClFN3O4. The molecule has 2 N–H and O–H groups in total. The highest BCUT2D eigenvalue weighted by Crippen LogP contribution is 2.34. The quantitative estimate of drug-likeness (QED) is 0.404. The first-order valence-corrected chi connectivity index (χ1v) is 12.3. The molecule has 0 spiro atoms. The van der Waals surface area contributed by atoms with E-state index in [1.807, 2.05) is 13.8 Å². The second-order valence-electron chi connectivity index (χ2n) is 9.23. The third kappa shape index (κ3) is 6.46. The van der Waals surface area contributed by atoms with E-state index >= 15 is 0 Å². The molecule has 0 bridgehead atoms. The first-order valence-electron chi connectivity index (χ1n) is 11.9. The summed E-state index contributed by atoms with van der Waals surface area (Å²) >= 11 is 5.97. The number of benzene rings is 3. The number of cyclic esters (lactones) is 1. The lowest BCUT2D eigenvalue weighted by molar-refractivity contribution is -0.126. The summed E-state index contributed by atoms with van der Waals surface area (Å²) in [5.41, 5.74) is 2.21. The summed E-state index contributed by atoms with van der Waals surface area (Å²) in [6.45, 7) is 4.47. The molecule has 0 aliphatic carbocycles. The fraction of sp³-hybridized carbons (Fsp3) is 0.250. The van der Waals surface area contributed by atoms with Gasteiger partial charge in [-0.05, 0) is 59.5 Å². The van der Waals surface area contributed by atoms with Gasteiger partial charge >= 0.3 is 6.09 Å². The number of nitrogens with zero attached hydrogens (tertiary/aromatic N) is 1. The monoisotopic (exact) mass is 523 g/mol. The third-order valence-corrected chi connectivity index (χ3v) is 6.12. The molecule has 7 nitrogen and oxygen atoms in total. The molecule has 0 radical (unpaired) electrons. The predicted octanol–water partition coefficient (Wildman–Crippen LogP) is 5.57. The summed E-state index contributed by atoms with van der Waals surface area (Å²) in [4.78, 5) is 40.0. The number of hydrogen-bond donors (Lipinski definition) is 2. The molecule has 1 aliphatic heterocycles. The second-order valence-corrected chi connectivity index (χ2v) is 9.67. The Morgan fingerprint density at radius 1 is 1.05 bits per heavy atom. The van der Waals surface area contributed by atoms with Gasteiger partial charge in [-0.2, -0.15) is 0 Å². The van der Waals surface area contributed by atoms with Crippen LogP contribution in [0.5, 0.6) is 0 Å². The van der Waals surface area contributed by atoms with Gasteiger partial charge in [0.15, 0.2) is 12.1 Å². The van der Waals surface area contributed by atoms with Crippen molar-refractivity contribution in [2.24, 2.45) is 5.92 Å². The maximum Gasteiger partial charge on any atom is 0.411 e. The SMILES string of the molecule is CC(C)CNC(=O)C1C(c2ccc(NC(=O)c3cccc(Cl)c3)cc2)OC(=O)N1Cc1ccc(F)cc1. The van der Waals surface area contributed by atoms with E-state index in [0.29, 0.717) is 33.9 Å². The highest BCUT2D eigenvalue weighted by molar-refractivity contribution is 6.31. The number of nitrogens with one attached hydrogen (secondary N) is 2. The van der Waals surface area contributed by atoms with Gasteiger partial charge < -0.3 is 15.4 Å². The molecule has 0 saturated carbocycles. The average Bonchev–Trinajstić information content (AvgIpc) is 3.20. The van der Waals surface area contributed by atoms with Gasteiger partial charge in [0, 0.05) is 22.8 Å². The fourth-order valence-corrected chi connectivity index (χ4v) is 4.19. The number of hydrogen-bond acceptors (Lipinski definition) is 4. The Kier molecular flexibility index (Phi) is 8.08. The molecule has 3 aromatic rings. The van der Waals surface area contributed by atoms with Gasteiger partial charge in [-0.25, -0.2) is 9.18 Å². The zero-order valence-corrected chi connectivity index (χ0v) is 21.2. The van der Waals surface area contributed by atoms with Crippen LogP contribution in [-0.4, -0.2) is 35.4 Å². The van der Waals surface area contributed by atoms with Crippen LogP contribution in [0.15, 0.2) is 72.8 Å². The molecule has 192 valence electrons. The number of carbonyl (C=O) groups excluding carboxylic acids is 3. The number of rotatable bonds is 8. The summed E-state index contributed by atoms with van der Waals surface area (Å²) in [6, 6.07) is 18.2. The van der Waals surface area contributed by atoms with Gasteiger partial charge in [-0.1, -0.05) is 55.8 Å². The predicted molar refractivity (Wildman–Crippen MR) is 139 cm³/mol. The van der Waals surface area contributed by atoms with Crippen LogP contribution < -0.4 is 10.6 Å². The van der Waals surface area contributed by atoms with Crippen LogP contribution in [0, 0.1) is 11.7 Å². The summed E-state index contributed by atoms with van der Waals surface area (Å²) < 4.78 is 19.0. The van der Waals surface area contributed by atoms with Crippen molar-refractivity contribution in [2.45, 2.75) is 32.5 Å². The average molecular weight is 524 g/mol. The number of anilines is 1. The minimum Gasteiger partial charge on any atom is -0.438 e. The van der Waals surface area contributed by atoms with E-state index in [1.54, 1.807) is 60.7 Å². The van der Waals surface area contributed by atoms with Gasteiger partial charge in [-0.3, -0.25) is 14.5 Å². The third-order valence-electron chi connectivity index (χ3n) is 5.89. The van der Waals surface area contributed by atoms with Crippen molar-refractivity contribution in [3.05, 3.63) is 100 Å². The van der Waals surface area contributed by atoms with Crippen LogP contribution in [-0.2, 0) is 16.1 Å². The van der Waals surface area contributed by atoms with Gasteiger partial charge in [0.25, 0.3) is 5.91 Å². The Morgan fingerprint density at radius 2 is 1.76 bits per heavy atom. The molecular weight excluding hydrogens is 497 g/mol. The van der Waals surface area contributed by atoms with Crippen LogP contribution in [0.4, 0.5) is 14.9 Å². The van der Waals surface area contributed by atoms with Crippen molar-refractivity contribution < 1.29 is 23.5 Å². The van der Waals surface area contributed by atoms with Crippen LogP contribution in [0.25, 0.3) is 0 Å². The molecule has 1 aliphatic rings. The molecule has 2 unspecified atom stereocenters. The molecule has 9 heteroatoms. The molecule has 0 aromatic heterocycles. The van der Waals surface area contributed by atoms with Crippen molar-refractivity contribution in [1.82, 2.24) is 10.2 Å². The van der Waals surface area contributed by atoms with Crippen molar-refractivity contribution >= 4 is 35.2 Å². The second kappa shape index (κ2) is 11.4. The van der Waals surface area contributed by atoms with Crippen molar-refractivity contribution in [2.75, 3.05) is 11.9 Å². The largest absolute Gasteiger partial charge is 0.438 e. The smallest absolute Gasteiger partial charge is 0.411 e. The molecule has 3 aromatic carbocycles. The lowest BCUT2D eigenvalue weighted by Gasteiger charge is -2.24. The first-order chi connectivity index (χ1) is 17.7. The zero-order chi connectivity index (χ0) is 26.5. The summed E-state index contributed by atoms with van der Waals surface area (Å²) in [5.74, 6) is -0.836. The Morgan fingerprint density at radius 3 is 2.41 bits per heavy atom. The minimum atomic E-state index is -0.928. The zero-order valence-electron chi connectivity index (χ0n) is 20.4. The van der Waals surface area contributed by atoms with Crippen molar-refractivity contribution in [3.8, 4) is 0 Å². The highest BCUT2D eigenvalue weighted by atomic mass is 35.5. The lowest BCUT2D eigenvalue weighted by Crippen LogP contribution is -2.47. The number of ether oxygens (including phenoxy) is 1. The Hall–Kier alpha value is -3.91. The molecule has 1 fully saturated rings. The molecule has 1 saturated heterocycles. The highest BCUT2D eigenvalue weighted by Gasteiger charge is 2.46. The summed E-state index contributed by atoms with van der Waals surface area (Å²) in [7, 11) is 0. The molecule has 4 rings (SSSR count). The Balaban J connectivity index is 1.54. The summed E-state index contributed by atoms with van der Waals surface area (Å²) in [6.07, 6.45) is -1.50. The van der Waals surface area contributed by atoms with Crippen LogP contribution in [0.3, 0.4) is 0 Å². The molecule has 2 atom stereocenters. The van der Waals surface area contributed by atoms with E-state index in [2.05, 4.69) is 10.6 Å². The standard InChI is InChI=1S/C28H27ClFN3O4/c1-17(2)15-31-27(35)24-25(37-28(36)33(24)16-18-6-10-22(30)11-7-18)19-8-12-23(13-9-19)32-26(34)20-4-3-5-21(29)14-20/h3-14,17,24-25H,15-16H2,1-2H3,(H,31,35)(H,32,34). The van der Waals surface area contributed by atoms with Gasteiger partial charge in [-0.15, -0.1) is 0 Å². The topological polar surface area (TPSA) is 87.7 Å². The van der Waals surface area contributed by atoms with Crippen LogP contribution >= 0.6 is 11.6 Å². The van der Waals surface area contributed by atoms with Crippen LogP contribution in [0.2, 0.25) is 5.02 Å². The number of carbonyl (C=O) groups is 3. The van der Waals surface area contributed by atoms with Crippen molar-refractivity contribution in [1.29, 1.82) is 0 Å². The van der Waals surface area contributed by atoms with E-state index in [1.165, 1.54) is 17.0 Å². The van der Waals surface area contributed by atoms with Gasteiger partial charge in [0.05, 0.1) is 6.54 Å². The number of amides is 3. The Labute approximate surface area is 219 Å².